The Kier molecular flexibility index (Phi) is 4.35. The first-order valence-corrected chi connectivity index (χ1v) is 8.51. The van der Waals surface area contributed by atoms with Crippen molar-refractivity contribution in [2.45, 2.75) is 0 Å². The summed E-state index contributed by atoms with van der Waals surface area (Å²) >= 11 is 0. The fourth-order valence-electron chi connectivity index (χ4n) is 3.07. The summed E-state index contributed by atoms with van der Waals surface area (Å²) in [4.78, 5) is 12.3. The van der Waals surface area contributed by atoms with E-state index in [9.17, 15) is 4.79 Å². The number of hydrogen-bond acceptors (Lipinski definition) is 2. The summed E-state index contributed by atoms with van der Waals surface area (Å²) < 4.78 is 0. The first-order valence-electron chi connectivity index (χ1n) is 8.51. The Labute approximate surface area is 152 Å². The molecule has 4 aromatic carbocycles. The highest BCUT2D eigenvalue weighted by atomic mass is 16.1. The fourth-order valence-corrected chi connectivity index (χ4v) is 3.07. The topological polar surface area (TPSA) is 41.1 Å². The summed E-state index contributed by atoms with van der Waals surface area (Å²) in [5.41, 5.74) is 1.78. The van der Waals surface area contributed by atoms with Crippen LogP contribution in [0.5, 0.6) is 0 Å². The van der Waals surface area contributed by atoms with E-state index in [2.05, 4.69) is 28.8 Å². The summed E-state index contributed by atoms with van der Waals surface area (Å²) in [7, 11) is 0. The van der Waals surface area contributed by atoms with Crippen LogP contribution in [0.25, 0.3) is 21.5 Å². The van der Waals surface area contributed by atoms with Gasteiger partial charge in [-0.15, -0.1) is 0 Å². The average Bonchev–Trinajstić information content (AvgIpc) is 2.68. The van der Waals surface area contributed by atoms with Gasteiger partial charge < -0.3 is 10.6 Å². The van der Waals surface area contributed by atoms with Gasteiger partial charge in [-0.1, -0.05) is 72.8 Å². The minimum Gasteiger partial charge on any atom is -0.361 e. The number of benzene rings is 4. The Hall–Kier alpha value is -3.59. The van der Waals surface area contributed by atoms with Gasteiger partial charge in [-0.3, -0.25) is 4.79 Å². The highest BCUT2D eigenvalue weighted by Gasteiger charge is 2.03. The Morgan fingerprint density at radius 3 is 1.88 bits per heavy atom. The largest absolute Gasteiger partial charge is 0.361 e. The van der Waals surface area contributed by atoms with Gasteiger partial charge in [0.1, 0.15) is 0 Å². The summed E-state index contributed by atoms with van der Waals surface area (Å²) in [5.74, 6) is -0.172. The van der Waals surface area contributed by atoms with Gasteiger partial charge in [0.05, 0.1) is 0 Å². The van der Waals surface area contributed by atoms with Crippen LogP contribution >= 0.6 is 0 Å². The van der Waals surface area contributed by atoms with Crippen molar-refractivity contribution < 1.29 is 4.79 Å². The summed E-state index contributed by atoms with van der Waals surface area (Å²) in [5, 5.41) is 10.5. The summed E-state index contributed by atoms with van der Waals surface area (Å²) in [6.45, 7) is 0. The molecule has 26 heavy (non-hydrogen) atoms. The second-order valence-electron chi connectivity index (χ2n) is 6.02. The SMILES string of the molecule is O=C(C=CNc1cccc2ccccc12)Nc1cccc2ccccc12. The first kappa shape index (κ1) is 15.9. The van der Waals surface area contributed by atoms with E-state index in [1.165, 1.54) is 6.08 Å². The third kappa shape index (κ3) is 3.28. The molecule has 0 aliphatic rings. The molecule has 0 atom stereocenters. The molecular weight excluding hydrogens is 320 g/mol. The molecule has 0 unspecified atom stereocenters. The van der Waals surface area contributed by atoms with Crippen LogP contribution in [0.2, 0.25) is 0 Å². The molecule has 0 spiro atoms. The monoisotopic (exact) mass is 338 g/mol. The fraction of sp³-hybridized carbons (Fsp3) is 0. The van der Waals surface area contributed by atoms with Crippen LogP contribution < -0.4 is 10.6 Å². The number of anilines is 2. The third-order valence-electron chi connectivity index (χ3n) is 4.31. The van der Waals surface area contributed by atoms with Gasteiger partial charge in [-0.25, -0.2) is 0 Å². The molecule has 2 N–H and O–H groups in total. The van der Waals surface area contributed by atoms with Gasteiger partial charge in [0.15, 0.2) is 0 Å². The van der Waals surface area contributed by atoms with Gasteiger partial charge in [-0.2, -0.15) is 0 Å². The number of amides is 1. The van der Waals surface area contributed by atoms with Crippen molar-refractivity contribution >= 4 is 38.8 Å². The first-order chi connectivity index (χ1) is 12.8. The quantitative estimate of drug-likeness (QED) is 0.478. The lowest BCUT2D eigenvalue weighted by molar-refractivity contribution is -0.111. The maximum Gasteiger partial charge on any atom is 0.249 e. The smallest absolute Gasteiger partial charge is 0.249 e. The molecule has 0 aliphatic heterocycles. The Morgan fingerprint density at radius 1 is 0.654 bits per heavy atom. The van der Waals surface area contributed by atoms with Crippen LogP contribution in [0.15, 0.2) is 97.2 Å². The zero-order valence-corrected chi connectivity index (χ0v) is 14.1. The van der Waals surface area contributed by atoms with Crippen molar-refractivity contribution in [1.29, 1.82) is 0 Å². The molecular formula is C23H18N2O. The van der Waals surface area contributed by atoms with Crippen LogP contribution in [0, 0.1) is 0 Å². The molecule has 0 saturated carbocycles. The Morgan fingerprint density at radius 2 is 1.19 bits per heavy atom. The number of carbonyl (C=O) groups excluding carboxylic acids is 1. The molecule has 1 amide bonds. The number of fused-ring (bicyclic) bond motifs is 2. The second kappa shape index (κ2) is 7.11. The minimum absolute atomic E-state index is 0.172. The highest BCUT2D eigenvalue weighted by Crippen LogP contribution is 2.24. The maximum absolute atomic E-state index is 12.3. The lowest BCUT2D eigenvalue weighted by Crippen LogP contribution is -2.08. The van der Waals surface area contributed by atoms with E-state index in [1.807, 2.05) is 66.7 Å². The molecule has 0 saturated heterocycles. The molecule has 126 valence electrons. The molecule has 3 nitrogen and oxygen atoms in total. The lowest BCUT2D eigenvalue weighted by atomic mass is 10.1. The highest BCUT2D eigenvalue weighted by molar-refractivity contribution is 6.06. The standard InChI is InChI=1S/C23H18N2O/c26-23(25-22-14-6-10-18-8-2-4-12-20(18)22)15-16-24-21-13-5-9-17-7-1-3-11-19(17)21/h1-16,24H,(H,25,26). The molecule has 0 bridgehead atoms. The van der Waals surface area contributed by atoms with E-state index < -0.39 is 0 Å². The zero-order valence-electron chi connectivity index (χ0n) is 14.1. The van der Waals surface area contributed by atoms with Crippen LogP contribution in [0.3, 0.4) is 0 Å². The summed E-state index contributed by atoms with van der Waals surface area (Å²) in [6.07, 6.45) is 3.17. The minimum atomic E-state index is -0.172. The van der Waals surface area contributed by atoms with E-state index >= 15 is 0 Å². The number of nitrogens with one attached hydrogen (secondary N) is 2. The van der Waals surface area contributed by atoms with Gasteiger partial charge in [0.25, 0.3) is 0 Å². The molecule has 0 fully saturated rings. The van der Waals surface area contributed by atoms with E-state index in [0.29, 0.717) is 0 Å². The van der Waals surface area contributed by atoms with E-state index in [-0.39, 0.29) is 5.91 Å². The van der Waals surface area contributed by atoms with Crippen LogP contribution in [-0.4, -0.2) is 5.91 Å². The second-order valence-corrected chi connectivity index (χ2v) is 6.02. The molecule has 0 heterocycles. The average molecular weight is 338 g/mol. The predicted octanol–water partition coefficient (Wildman–Crippen LogP) is 5.56. The Balaban J connectivity index is 1.49. The van der Waals surface area contributed by atoms with Crippen molar-refractivity contribution in [3.63, 3.8) is 0 Å². The van der Waals surface area contributed by atoms with Crippen molar-refractivity contribution in [1.82, 2.24) is 0 Å². The molecule has 0 aliphatic carbocycles. The number of carbonyl (C=O) groups is 1. The van der Waals surface area contributed by atoms with Gasteiger partial charge >= 0.3 is 0 Å². The molecule has 3 heteroatoms. The molecule has 0 radical (unpaired) electrons. The third-order valence-corrected chi connectivity index (χ3v) is 4.31. The van der Waals surface area contributed by atoms with Gasteiger partial charge in [0, 0.05) is 34.4 Å². The number of rotatable bonds is 4. The molecule has 4 rings (SSSR count). The van der Waals surface area contributed by atoms with Crippen molar-refractivity contribution in [2.75, 3.05) is 10.6 Å². The predicted molar refractivity (Wildman–Crippen MR) is 109 cm³/mol. The molecule has 4 aromatic rings. The van der Waals surface area contributed by atoms with Gasteiger partial charge in [-0.05, 0) is 22.9 Å². The van der Waals surface area contributed by atoms with E-state index in [1.54, 1.807) is 6.20 Å². The van der Waals surface area contributed by atoms with E-state index in [4.69, 9.17) is 0 Å². The van der Waals surface area contributed by atoms with Crippen LogP contribution in [-0.2, 0) is 4.79 Å². The van der Waals surface area contributed by atoms with Crippen LogP contribution in [0.4, 0.5) is 11.4 Å². The van der Waals surface area contributed by atoms with Crippen LogP contribution in [0.1, 0.15) is 0 Å². The van der Waals surface area contributed by atoms with Crippen molar-refractivity contribution in [2.24, 2.45) is 0 Å². The Bertz CT molecular complexity index is 1100. The number of hydrogen-bond donors (Lipinski definition) is 2. The summed E-state index contributed by atoms with van der Waals surface area (Å²) in [6, 6.07) is 28.1. The lowest BCUT2D eigenvalue weighted by Gasteiger charge is -2.07. The zero-order chi connectivity index (χ0) is 17.8. The normalized spacial score (nSPS) is 11.1. The molecule has 0 aromatic heterocycles. The van der Waals surface area contributed by atoms with Gasteiger partial charge in [0.2, 0.25) is 5.91 Å². The maximum atomic E-state index is 12.3. The van der Waals surface area contributed by atoms with E-state index in [0.717, 1.165) is 32.9 Å². The van der Waals surface area contributed by atoms with Crippen molar-refractivity contribution in [3.8, 4) is 0 Å². The van der Waals surface area contributed by atoms with Crippen molar-refractivity contribution in [3.05, 3.63) is 97.2 Å².